The number of nitrogens with zero attached hydrogens (tertiary/aromatic N) is 1. The Balaban J connectivity index is 0. The van der Waals surface area contributed by atoms with Gasteiger partial charge in [0.2, 0.25) is 0 Å². The Kier molecular flexibility index (Phi) is 12.6. The number of quaternary nitrogens is 1. The molecule has 3 heteroatoms. The van der Waals surface area contributed by atoms with Crippen LogP contribution in [-0.4, -0.2) is 31.1 Å². The average molecular weight is 287 g/mol. The Bertz CT molecular complexity index is 118. The van der Waals surface area contributed by atoms with E-state index in [2.05, 4.69) is 21.0 Å². The molecule has 0 bridgehead atoms. The highest BCUT2D eigenvalue weighted by Gasteiger charge is 2.11. The van der Waals surface area contributed by atoms with Gasteiger partial charge in [-0.2, -0.15) is 0 Å². The molecule has 0 aliphatic rings. The maximum absolute atomic E-state index is 5.83. The van der Waals surface area contributed by atoms with Crippen LogP contribution in [0.4, 0.5) is 0 Å². The van der Waals surface area contributed by atoms with Crippen molar-refractivity contribution in [2.24, 2.45) is 0 Å². The third-order valence-electron chi connectivity index (χ3n) is 2.44. The first-order valence-corrected chi connectivity index (χ1v) is 6.04. The van der Waals surface area contributed by atoms with Gasteiger partial charge in [0.25, 0.3) is 0 Å². The van der Waals surface area contributed by atoms with Crippen molar-refractivity contribution < 1.29 is 21.5 Å². The minimum atomic E-state index is 0. The normalized spacial score (nSPS) is 11.1. The molecule has 0 saturated heterocycles. The van der Waals surface area contributed by atoms with Gasteiger partial charge in [0.15, 0.2) is 6.00 Å². The second kappa shape index (κ2) is 10.3. The number of hydrogen-bond acceptors (Lipinski definition) is 0. The zero-order valence-electron chi connectivity index (χ0n) is 9.86. The van der Waals surface area contributed by atoms with Gasteiger partial charge in [-0.15, -0.1) is 0 Å². The Labute approximate surface area is 105 Å². The van der Waals surface area contributed by atoms with Crippen molar-refractivity contribution in [1.82, 2.24) is 0 Å². The van der Waals surface area contributed by atoms with Crippen LogP contribution in [0.15, 0.2) is 0 Å². The van der Waals surface area contributed by atoms with Crippen LogP contribution >= 0.6 is 11.6 Å². The van der Waals surface area contributed by atoms with E-state index in [9.17, 15) is 0 Å². The zero-order chi connectivity index (χ0) is 10.2. The first kappa shape index (κ1) is 17.1. The predicted molar refractivity (Wildman–Crippen MR) is 61.1 cm³/mol. The molecule has 1 nitrogen and oxygen atoms in total. The smallest absolute Gasteiger partial charge is 0.154 e. The Morgan fingerprint density at radius 3 is 1.93 bits per heavy atom. The summed E-state index contributed by atoms with van der Waals surface area (Å²) in [6.45, 7) is 3.48. The summed E-state index contributed by atoms with van der Waals surface area (Å²) in [6.07, 6.45) is 8.24. The van der Waals surface area contributed by atoms with Crippen LogP contribution in [-0.2, 0) is 0 Å². The molecule has 0 aromatic heterocycles. The lowest BCUT2D eigenvalue weighted by molar-refractivity contribution is -0.879. The molecule has 0 unspecified atom stereocenters. The van der Waals surface area contributed by atoms with Crippen LogP contribution in [0.5, 0.6) is 0 Å². The van der Waals surface area contributed by atoms with Gasteiger partial charge in [0.1, 0.15) is 0 Å². The van der Waals surface area contributed by atoms with Crippen LogP contribution in [0.25, 0.3) is 0 Å². The first-order chi connectivity index (χ1) is 6.12. The van der Waals surface area contributed by atoms with E-state index < -0.39 is 0 Å². The molecule has 0 fully saturated rings. The average Bonchev–Trinajstić information content (AvgIpc) is 2.11. The van der Waals surface area contributed by atoms with E-state index in [0.29, 0.717) is 0 Å². The molecule has 14 heavy (non-hydrogen) atoms. The van der Waals surface area contributed by atoms with E-state index in [-0.39, 0.29) is 17.0 Å². The summed E-state index contributed by atoms with van der Waals surface area (Å²) in [7, 11) is 4.39. The number of unbranched alkanes of at least 4 members (excludes halogenated alkanes) is 5. The minimum absolute atomic E-state index is 0. The van der Waals surface area contributed by atoms with E-state index in [4.69, 9.17) is 11.6 Å². The highest BCUT2D eigenvalue weighted by atomic mass is 79.9. The molecule has 0 aromatic rings. The van der Waals surface area contributed by atoms with Gasteiger partial charge in [0, 0.05) is 0 Å². The predicted octanol–water partition coefficient (Wildman–Crippen LogP) is 0.624. The topological polar surface area (TPSA) is 0 Å². The lowest BCUT2D eigenvalue weighted by atomic mass is 10.1. The van der Waals surface area contributed by atoms with Crippen LogP contribution in [0, 0.1) is 0 Å². The van der Waals surface area contributed by atoms with Gasteiger partial charge in [-0.05, 0) is 12.8 Å². The second-order valence-corrected chi connectivity index (χ2v) is 4.79. The molecule has 0 aliphatic carbocycles. The monoisotopic (exact) mass is 285 g/mol. The summed E-state index contributed by atoms with van der Waals surface area (Å²) in [5, 5.41) is 0. The van der Waals surface area contributed by atoms with Crippen LogP contribution in [0.2, 0.25) is 0 Å². The molecule has 0 rings (SSSR count). The summed E-state index contributed by atoms with van der Waals surface area (Å²) in [5.41, 5.74) is 0. The molecule has 0 N–H and O–H groups in total. The molecule has 88 valence electrons. The molecule has 0 radical (unpaired) electrons. The van der Waals surface area contributed by atoms with Crippen molar-refractivity contribution in [2.75, 3.05) is 26.6 Å². The first-order valence-electron chi connectivity index (χ1n) is 5.50. The fourth-order valence-electron chi connectivity index (χ4n) is 1.38. The van der Waals surface area contributed by atoms with Crippen LogP contribution in [0.3, 0.4) is 0 Å². The highest BCUT2D eigenvalue weighted by molar-refractivity contribution is 6.16. The fourth-order valence-corrected chi connectivity index (χ4v) is 1.50. The van der Waals surface area contributed by atoms with Crippen molar-refractivity contribution >= 4 is 11.6 Å². The summed E-state index contributed by atoms with van der Waals surface area (Å²) < 4.78 is 0.954. The van der Waals surface area contributed by atoms with E-state index in [1.807, 2.05) is 0 Å². The SMILES string of the molecule is CCCCCCCC[N+](C)(C)CCl.[Br-]. The Morgan fingerprint density at radius 1 is 0.929 bits per heavy atom. The number of hydrogen-bond donors (Lipinski definition) is 0. The second-order valence-electron chi connectivity index (χ2n) is 4.55. The number of rotatable bonds is 8. The Morgan fingerprint density at radius 2 is 1.43 bits per heavy atom. The molecular weight excluding hydrogens is 261 g/mol. The van der Waals surface area contributed by atoms with Gasteiger partial charge in [-0.1, -0.05) is 44.2 Å². The lowest BCUT2D eigenvalue weighted by Crippen LogP contribution is -3.00. The fraction of sp³-hybridized carbons (Fsp3) is 1.00. The number of alkyl halides is 1. The minimum Gasteiger partial charge on any atom is -1.00 e. The summed E-state index contributed by atoms with van der Waals surface area (Å²) in [6, 6.07) is 0.731. The van der Waals surface area contributed by atoms with Gasteiger partial charge in [-0.25, -0.2) is 0 Å². The molecule has 0 saturated carbocycles. The van der Waals surface area contributed by atoms with Gasteiger partial charge >= 0.3 is 0 Å². The lowest BCUT2D eigenvalue weighted by Gasteiger charge is -2.26. The van der Waals surface area contributed by atoms with Crippen molar-refractivity contribution in [1.29, 1.82) is 0 Å². The molecule has 0 heterocycles. The Hall–Kier alpha value is 0.730. The maximum Gasteiger partial charge on any atom is 0.154 e. The van der Waals surface area contributed by atoms with Crippen molar-refractivity contribution in [3.8, 4) is 0 Å². The van der Waals surface area contributed by atoms with Gasteiger partial charge in [0.05, 0.1) is 20.6 Å². The van der Waals surface area contributed by atoms with E-state index >= 15 is 0 Å². The standard InChI is InChI=1S/C11H25ClN.BrH/c1-4-5-6-7-8-9-10-13(2,3)11-12;/h4-11H2,1-3H3;1H/q+1;/p-1. The maximum atomic E-state index is 5.83. The zero-order valence-corrected chi connectivity index (χ0v) is 12.2. The quantitative estimate of drug-likeness (QED) is 0.266. The molecule has 0 aliphatic heterocycles. The molecule has 0 spiro atoms. The van der Waals surface area contributed by atoms with E-state index in [0.717, 1.165) is 10.5 Å². The van der Waals surface area contributed by atoms with Crippen LogP contribution < -0.4 is 17.0 Å². The molecular formula is C11H25BrClN. The summed E-state index contributed by atoms with van der Waals surface area (Å²) >= 11 is 5.83. The number of halogens is 2. The van der Waals surface area contributed by atoms with Gasteiger partial charge < -0.3 is 21.5 Å². The van der Waals surface area contributed by atoms with E-state index in [1.165, 1.54) is 45.1 Å². The van der Waals surface area contributed by atoms with Crippen molar-refractivity contribution in [2.45, 2.75) is 45.4 Å². The van der Waals surface area contributed by atoms with Crippen LogP contribution in [0.1, 0.15) is 45.4 Å². The van der Waals surface area contributed by atoms with Crippen molar-refractivity contribution in [3.63, 3.8) is 0 Å². The third kappa shape index (κ3) is 10.8. The third-order valence-corrected chi connectivity index (χ3v) is 3.09. The molecule has 0 aromatic carbocycles. The largest absolute Gasteiger partial charge is 1.00 e. The van der Waals surface area contributed by atoms with Gasteiger partial charge in [-0.3, -0.25) is 0 Å². The van der Waals surface area contributed by atoms with Crippen molar-refractivity contribution in [3.05, 3.63) is 0 Å². The summed E-state index contributed by atoms with van der Waals surface area (Å²) in [4.78, 5) is 0. The molecule has 0 atom stereocenters. The van der Waals surface area contributed by atoms with E-state index in [1.54, 1.807) is 0 Å². The highest BCUT2D eigenvalue weighted by Crippen LogP contribution is 2.08. The molecule has 0 amide bonds. The summed E-state index contributed by atoms with van der Waals surface area (Å²) in [5.74, 6) is 0.